The Morgan fingerprint density at radius 1 is 1.02 bits per heavy atom. The van der Waals surface area contributed by atoms with Crippen LogP contribution in [0, 0.1) is 25.2 Å². The smallest absolute Gasteiger partial charge is 0.248 e. The molecule has 2 fully saturated rings. The highest BCUT2D eigenvalue weighted by Crippen LogP contribution is 2.66. The molecule has 51 heavy (non-hydrogen) atoms. The average molecular weight is 756 g/mol. The first-order valence-electron chi connectivity index (χ1n) is 17.8. The second kappa shape index (κ2) is 13.9. The van der Waals surface area contributed by atoms with Crippen LogP contribution in [-0.2, 0) is 27.3 Å². The zero-order valence-corrected chi connectivity index (χ0v) is 31.0. The highest BCUT2D eigenvalue weighted by molar-refractivity contribution is 9.10. The molecule has 4 aromatic rings. The van der Waals surface area contributed by atoms with Crippen molar-refractivity contribution in [3.8, 4) is 11.1 Å². The van der Waals surface area contributed by atoms with E-state index in [1.165, 1.54) is 6.92 Å². The van der Waals surface area contributed by atoms with Crippen LogP contribution in [0.5, 0.6) is 0 Å². The number of aryl methyl sites for hydroxylation is 3. The quantitative estimate of drug-likeness (QED) is 0.198. The van der Waals surface area contributed by atoms with Gasteiger partial charge in [-0.05, 0) is 108 Å². The first-order chi connectivity index (χ1) is 24.5. The van der Waals surface area contributed by atoms with E-state index >= 15 is 0 Å². The number of carbonyl (C=O) groups is 4. The lowest BCUT2D eigenvalue weighted by Crippen LogP contribution is -2.47. The van der Waals surface area contributed by atoms with Crippen molar-refractivity contribution in [1.82, 2.24) is 34.9 Å². The predicted molar refractivity (Wildman–Crippen MR) is 196 cm³/mol. The number of Topliss-reactive ketones (excluding diaryl/α,β-unsaturated/α-hetero) is 1. The lowest BCUT2D eigenvalue weighted by atomic mass is 9.92. The van der Waals surface area contributed by atoms with Crippen molar-refractivity contribution < 1.29 is 19.2 Å². The third kappa shape index (κ3) is 6.68. The molecule has 1 aromatic carbocycles. The summed E-state index contributed by atoms with van der Waals surface area (Å²) in [6.45, 7) is 7.68. The molecule has 5 heterocycles. The minimum absolute atomic E-state index is 0.0317. The molecule has 0 radical (unpaired) electrons. The number of nitrogens with one attached hydrogen (secondary N) is 2. The Hall–Kier alpha value is -4.52. The van der Waals surface area contributed by atoms with E-state index in [9.17, 15) is 19.2 Å². The highest BCUT2D eigenvalue weighted by Gasteiger charge is 2.72. The van der Waals surface area contributed by atoms with Crippen LogP contribution in [-0.4, -0.2) is 71.8 Å². The largest absolute Gasteiger partial charge is 0.356 e. The SMILES string of the molecule is CC(=O)c1nn2c3c(cc(-c4cnc(C)nc4)cc13)CCCCCCC(=O)NCC[C@@]13C[C@@H](C(=O)Nc4nc(Br)ccc4C)N(C(=O)C2)C1[C@@H]3C. The number of pyridine rings is 1. The van der Waals surface area contributed by atoms with Crippen molar-refractivity contribution in [2.45, 2.75) is 97.7 Å². The fraction of sp³-hybridized carbons (Fsp3) is 0.474. The maximum absolute atomic E-state index is 14.6. The number of amides is 3. The minimum atomic E-state index is -0.738. The highest BCUT2D eigenvalue weighted by atomic mass is 79.9. The van der Waals surface area contributed by atoms with Gasteiger partial charge in [0.25, 0.3) is 0 Å². The van der Waals surface area contributed by atoms with Gasteiger partial charge in [-0.15, -0.1) is 0 Å². The Labute approximate surface area is 305 Å². The van der Waals surface area contributed by atoms with Crippen LogP contribution in [0.4, 0.5) is 5.82 Å². The minimum Gasteiger partial charge on any atom is -0.356 e. The molecule has 7 rings (SSSR count). The van der Waals surface area contributed by atoms with Crippen LogP contribution in [0.15, 0.2) is 41.3 Å². The van der Waals surface area contributed by atoms with Gasteiger partial charge in [0.2, 0.25) is 17.7 Å². The zero-order chi connectivity index (χ0) is 36.0. The molecule has 2 aliphatic heterocycles. The molecular formula is C38H43BrN8O4. The molecule has 1 saturated heterocycles. The summed E-state index contributed by atoms with van der Waals surface area (Å²) < 4.78 is 2.26. The van der Waals surface area contributed by atoms with E-state index in [0.717, 1.165) is 53.5 Å². The van der Waals surface area contributed by atoms with E-state index in [0.29, 0.717) is 59.6 Å². The second-order valence-electron chi connectivity index (χ2n) is 14.4. The number of aromatic nitrogens is 5. The van der Waals surface area contributed by atoms with Crippen molar-refractivity contribution >= 4 is 56.2 Å². The molecule has 2 N–H and O–H groups in total. The van der Waals surface area contributed by atoms with Crippen LogP contribution in [0.3, 0.4) is 0 Å². The second-order valence-corrected chi connectivity index (χ2v) is 15.2. The summed E-state index contributed by atoms with van der Waals surface area (Å²) in [5.41, 5.74) is 4.20. The monoisotopic (exact) mass is 754 g/mol. The summed E-state index contributed by atoms with van der Waals surface area (Å²) in [4.78, 5) is 69.5. The number of ketones is 1. The zero-order valence-electron chi connectivity index (χ0n) is 29.5. The van der Waals surface area contributed by atoms with Gasteiger partial charge in [-0.1, -0.05) is 25.8 Å². The topological polar surface area (TPSA) is 152 Å². The molecule has 3 aliphatic rings. The molecule has 12 nitrogen and oxygen atoms in total. The normalized spacial score (nSPS) is 24.0. The van der Waals surface area contributed by atoms with E-state index in [4.69, 9.17) is 5.10 Å². The molecule has 4 atom stereocenters. The molecule has 1 saturated carbocycles. The lowest BCUT2D eigenvalue weighted by molar-refractivity contribution is -0.139. The summed E-state index contributed by atoms with van der Waals surface area (Å²) >= 11 is 3.40. The van der Waals surface area contributed by atoms with Gasteiger partial charge in [0.15, 0.2) is 5.78 Å². The van der Waals surface area contributed by atoms with Crippen molar-refractivity contribution in [3.63, 3.8) is 0 Å². The average Bonchev–Trinajstić information content (AvgIpc) is 3.35. The third-order valence-electron chi connectivity index (χ3n) is 11.1. The molecule has 1 aliphatic carbocycles. The summed E-state index contributed by atoms with van der Waals surface area (Å²) in [5, 5.41) is 11.5. The number of rotatable bonds is 4. The fourth-order valence-electron chi connectivity index (χ4n) is 8.37. The standard InChI is InChI=1S/C38H43BrN8O4/c1-21-11-12-30(39)43-36(21)44-37(51)29-17-38-13-14-40-31(49)10-8-6-5-7-9-25-15-26(27-18-41-24(4)42-19-27)16-28-33(23(3)48)45-46(34(25)28)20-32(50)47(29)35(38)22(38)2/h11-12,15-16,18-19,22,29,35H,5-10,13-14,17,20H2,1-4H3,(H,40,49)(H,43,44,51)/t22-,29-,35?,38-/m0/s1. The summed E-state index contributed by atoms with van der Waals surface area (Å²) in [6.07, 6.45) is 9.35. The van der Waals surface area contributed by atoms with Gasteiger partial charge in [0.1, 0.15) is 34.5 Å². The van der Waals surface area contributed by atoms with E-state index < -0.39 is 6.04 Å². The van der Waals surface area contributed by atoms with Crippen molar-refractivity contribution in [2.24, 2.45) is 11.3 Å². The van der Waals surface area contributed by atoms with E-state index in [1.807, 2.05) is 32.0 Å². The summed E-state index contributed by atoms with van der Waals surface area (Å²) in [6, 6.07) is 6.80. The molecule has 1 unspecified atom stereocenters. The Balaban J connectivity index is 1.30. The van der Waals surface area contributed by atoms with Gasteiger partial charge >= 0.3 is 0 Å². The van der Waals surface area contributed by atoms with E-state index in [-0.39, 0.29) is 47.4 Å². The first-order valence-corrected chi connectivity index (χ1v) is 18.6. The van der Waals surface area contributed by atoms with Gasteiger partial charge in [0, 0.05) is 49.3 Å². The number of piperidine rings is 1. The van der Waals surface area contributed by atoms with Crippen LogP contribution in [0.25, 0.3) is 22.0 Å². The number of benzene rings is 1. The number of anilines is 1. The molecular weight excluding hydrogens is 712 g/mol. The fourth-order valence-corrected chi connectivity index (χ4v) is 8.68. The van der Waals surface area contributed by atoms with Gasteiger partial charge in [-0.3, -0.25) is 23.9 Å². The maximum Gasteiger partial charge on any atom is 0.248 e. The Bertz CT molecular complexity index is 2050. The van der Waals surface area contributed by atoms with Crippen molar-refractivity contribution in [3.05, 3.63) is 63.9 Å². The number of hydrogen-bond donors (Lipinski definition) is 2. The molecule has 0 spiro atoms. The van der Waals surface area contributed by atoms with Crippen LogP contribution >= 0.6 is 15.9 Å². The van der Waals surface area contributed by atoms with Crippen LogP contribution in [0.1, 0.15) is 86.2 Å². The van der Waals surface area contributed by atoms with Gasteiger partial charge < -0.3 is 15.5 Å². The van der Waals surface area contributed by atoms with Crippen molar-refractivity contribution in [1.29, 1.82) is 0 Å². The maximum atomic E-state index is 14.6. The molecule has 2 bridgehead atoms. The van der Waals surface area contributed by atoms with Gasteiger partial charge in [0.05, 0.1) is 5.52 Å². The van der Waals surface area contributed by atoms with Crippen molar-refractivity contribution in [2.75, 3.05) is 11.9 Å². The number of nitrogens with zero attached hydrogens (tertiary/aromatic N) is 6. The molecule has 266 valence electrons. The van der Waals surface area contributed by atoms with Crippen LogP contribution < -0.4 is 10.6 Å². The third-order valence-corrected chi connectivity index (χ3v) is 11.6. The Morgan fingerprint density at radius 3 is 2.51 bits per heavy atom. The molecule has 3 aromatic heterocycles. The van der Waals surface area contributed by atoms with E-state index in [1.54, 1.807) is 22.0 Å². The lowest BCUT2D eigenvalue weighted by Gasteiger charge is -2.28. The van der Waals surface area contributed by atoms with Crippen LogP contribution in [0.2, 0.25) is 0 Å². The Kier molecular flexibility index (Phi) is 9.51. The number of halogens is 1. The number of carbonyl (C=O) groups excluding carboxylic acids is 4. The van der Waals surface area contributed by atoms with Gasteiger partial charge in [-0.25, -0.2) is 15.0 Å². The number of hydrogen-bond acceptors (Lipinski definition) is 8. The van der Waals surface area contributed by atoms with E-state index in [2.05, 4.69) is 54.5 Å². The summed E-state index contributed by atoms with van der Waals surface area (Å²) in [7, 11) is 0. The Morgan fingerprint density at radius 2 is 1.76 bits per heavy atom. The summed E-state index contributed by atoms with van der Waals surface area (Å²) in [5.74, 6) is 0.538. The molecule has 3 amide bonds. The van der Waals surface area contributed by atoms with Gasteiger partial charge in [-0.2, -0.15) is 5.10 Å². The first kappa shape index (κ1) is 34.9. The predicted octanol–water partition coefficient (Wildman–Crippen LogP) is 5.73. The molecule has 13 heteroatoms.